The minimum absolute atomic E-state index is 0.00693. The fourth-order valence-corrected chi connectivity index (χ4v) is 3.33. The number of nitrogens with zero attached hydrogens (tertiary/aromatic N) is 1. The van der Waals surface area contributed by atoms with Crippen molar-refractivity contribution in [2.45, 2.75) is 17.9 Å². The SMILES string of the molecule is C[C@H](NS(=O)(=O)c1ccccc1C#N)c1ccc(F)c(F)c1. The molecule has 4 nitrogen and oxygen atoms in total. The van der Waals surface area contributed by atoms with E-state index in [1.165, 1.54) is 31.2 Å². The molecule has 0 radical (unpaired) electrons. The van der Waals surface area contributed by atoms with Crippen LogP contribution >= 0.6 is 0 Å². The monoisotopic (exact) mass is 322 g/mol. The Balaban J connectivity index is 2.32. The first-order valence-electron chi connectivity index (χ1n) is 6.31. The Morgan fingerprint density at radius 3 is 2.45 bits per heavy atom. The Bertz CT molecular complexity index is 845. The number of halogens is 2. The number of benzene rings is 2. The van der Waals surface area contributed by atoms with Gasteiger partial charge in [-0.05, 0) is 36.8 Å². The molecule has 2 aromatic carbocycles. The predicted molar refractivity (Wildman–Crippen MR) is 76.3 cm³/mol. The molecular weight excluding hydrogens is 310 g/mol. The second-order valence-electron chi connectivity index (χ2n) is 4.62. The number of hydrogen-bond donors (Lipinski definition) is 1. The molecule has 1 N–H and O–H groups in total. The topological polar surface area (TPSA) is 70.0 Å². The van der Waals surface area contributed by atoms with Crippen molar-refractivity contribution in [2.24, 2.45) is 0 Å². The van der Waals surface area contributed by atoms with E-state index in [0.717, 1.165) is 12.1 Å². The van der Waals surface area contributed by atoms with E-state index >= 15 is 0 Å². The number of rotatable bonds is 4. The van der Waals surface area contributed by atoms with Gasteiger partial charge in [0.15, 0.2) is 11.6 Å². The normalized spacial score (nSPS) is 12.6. The number of sulfonamides is 1. The van der Waals surface area contributed by atoms with Gasteiger partial charge in [-0.25, -0.2) is 21.9 Å². The molecule has 0 aliphatic rings. The molecule has 0 aliphatic carbocycles. The summed E-state index contributed by atoms with van der Waals surface area (Å²) < 4.78 is 53.1. The first kappa shape index (κ1) is 16.1. The van der Waals surface area contributed by atoms with Crippen LogP contribution in [0.25, 0.3) is 0 Å². The van der Waals surface area contributed by atoms with Crippen LogP contribution in [0.1, 0.15) is 24.1 Å². The quantitative estimate of drug-likeness (QED) is 0.941. The first-order chi connectivity index (χ1) is 10.3. The molecule has 22 heavy (non-hydrogen) atoms. The standard InChI is InChI=1S/C15H12F2N2O2S/c1-10(11-6-7-13(16)14(17)8-11)19-22(20,21)15-5-3-2-4-12(15)9-18/h2-8,10,19H,1H3/t10-/m0/s1. The molecule has 0 saturated heterocycles. The lowest BCUT2D eigenvalue weighted by atomic mass is 10.1. The van der Waals surface area contributed by atoms with Gasteiger partial charge in [0.2, 0.25) is 10.0 Å². The third-order valence-electron chi connectivity index (χ3n) is 3.07. The molecule has 0 saturated carbocycles. The zero-order chi connectivity index (χ0) is 16.3. The summed E-state index contributed by atoms with van der Waals surface area (Å²) in [5, 5.41) is 8.97. The third kappa shape index (κ3) is 3.30. The second kappa shape index (κ2) is 6.22. The van der Waals surface area contributed by atoms with Crippen LogP contribution in [0, 0.1) is 23.0 Å². The molecule has 0 unspecified atom stereocenters. The molecule has 2 aromatic rings. The maximum absolute atomic E-state index is 13.2. The molecular formula is C15H12F2N2O2S. The van der Waals surface area contributed by atoms with E-state index in [1.54, 1.807) is 12.1 Å². The van der Waals surface area contributed by atoms with Crippen molar-refractivity contribution in [3.05, 3.63) is 65.2 Å². The summed E-state index contributed by atoms with van der Waals surface area (Å²) in [7, 11) is -3.96. The second-order valence-corrected chi connectivity index (χ2v) is 6.31. The average Bonchev–Trinajstić information content (AvgIpc) is 2.49. The van der Waals surface area contributed by atoms with E-state index in [0.29, 0.717) is 0 Å². The van der Waals surface area contributed by atoms with Crippen LogP contribution in [0.3, 0.4) is 0 Å². The third-order valence-corrected chi connectivity index (χ3v) is 4.67. The van der Waals surface area contributed by atoms with Gasteiger partial charge in [0.1, 0.15) is 6.07 Å². The molecule has 7 heteroatoms. The average molecular weight is 322 g/mol. The summed E-state index contributed by atoms with van der Waals surface area (Å²) >= 11 is 0. The first-order valence-corrected chi connectivity index (χ1v) is 7.80. The molecule has 0 aliphatic heterocycles. The van der Waals surface area contributed by atoms with Gasteiger partial charge >= 0.3 is 0 Å². The molecule has 0 aromatic heterocycles. The maximum atomic E-state index is 13.2. The van der Waals surface area contributed by atoms with Gasteiger partial charge in [0.25, 0.3) is 0 Å². The predicted octanol–water partition coefficient (Wildman–Crippen LogP) is 2.88. The Labute approximate surface area is 127 Å². The largest absolute Gasteiger partial charge is 0.242 e. The molecule has 2 rings (SSSR count). The van der Waals surface area contributed by atoms with Gasteiger partial charge in [-0.15, -0.1) is 0 Å². The zero-order valence-electron chi connectivity index (χ0n) is 11.5. The Kier molecular flexibility index (Phi) is 4.54. The van der Waals surface area contributed by atoms with Crippen LogP contribution in [-0.4, -0.2) is 8.42 Å². The Morgan fingerprint density at radius 1 is 1.14 bits per heavy atom. The number of nitrogens with one attached hydrogen (secondary N) is 1. The van der Waals surface area contributed by atoms with Crippen molar-refractivity contribution in [2.75, 3.05) is 0 Å². The van der Waals surface area contributed by atoms with Crippen molar-refractivity contribution < 1.29 is 17.2 Å². The van der Waals surface area contributed by atoms with Crippen LogP contribution in [0.2, 0.25) is 0 Å². The molecule has 114 valence electrons. The summed E-state index contributed by atoms with van der Waals surface area (Å²) in [5.74, 6) is -2.06. The van der Waals surface area contributed by atoms with Crippen molar-refractivity contribution in [1.82, 2.24) is 4.72 Å². The summed E-state index contributed by atoms with van der Waals surface area (Å²) in [4.78, 5) is -0.160. The lowest BCUT2D eigenvalue weighted by Gasteiger charge is -2.15. The van der Waals surface area contributed by atoms with Crippen molar-refractivity contribution in [3.8, 4) is 6.07 Å². The van der Waals surface area contributed by atoms with Crippen LogP contribution in [0.15, 0.2) is 47.4 Å². The van der Waals surface area contributed by atoms with E-state index in [9.17, 15) is 17.2 Å². The van der Waals surface area contributed by atoms with Crippen molar-refractivity contribution in [1.29, 1.82) is 5.26 Å². The number of nitriles is 1. The highest BCUT2D eigenvalue weighted by atomic mass is 32.2. The van der Waals surface area contributed by atoms with Crippen molar-refractivity contribution in [3.63, 3.8) is 0 Å². The van der Waals surface area contributed by atoms with Crippen LogP contribution in [-0.2, 0) is 10.0 Å². The molecule has 0 spiro atoms. The molecule has 0 bridgehead atoms. The fourth-order valence-electron chi connectivity index (χ4n) is 1.94. The maximum Gasteiger partial charge on any atom is 0.242 e. The fraction of sp³-hybridized carbons (Fsp3) is 0.133. The summed E-state index contributed by atoms with van der Waals surface area (Å²) in [6.07, 6.45) is 0. The minimum Gasteiger partial charge on any atom is -0.207 e. The summed E-state index contributed by atoms with van der Waals surface area (Å²) in [6.45, 7) is 1.50. The van der Waals surface area contributed by atoms with E-state index in [-0.39, 0.29) is 16.0 Å². The van der Waals surface area contributed by atoms with E-state index < -0.39 is 27.7 Å². The molecule has 0 amide bonds. The Morgan fingerprint density at radius 2 is 1.82 bits per heavy atom. The van der Waals surface area contributed by atoms with Gasteiger partial charge in [-0.1, -0.05) is 18.2 Å². The minimum atomic E-state index is -3.96. The van der Waals surface area contributed by atoms with Crippen LogP contribution < -0.4 is 4.72 Å². The van der Waals surface area contributed by atoms with Crippen LogP contribution in [0.5, 0.6) is 0 Å². The molecule has 0 heterocycles. The lowest BCUT2D eigenvalue weighted by Crippen LogP contribution is -2.27. The summed E-state index contributed by atoms with van der Waals surface area (Å²) in [5.41, 5.74) is 0.282. The van der Waals surface area contributed by atoms with E-state index in [2.05, 4.69) is 4.72 Å². The highest BCUT2D eigenvalue weighted by Gasteiger charge is 2.21. The highest BCUT2D eigenvalue weighted by Crippen LogP contribution is 2.20. The number of hydrogen-bond acceptors (Lipinski definition) is 3. The summed E-state index contributed by atoms with van der Waals surface area (Å²) in [6, 6.07) is 9.91. The van der Waals surface area contributed by atoms with E-state index in [1.807, 2.05) is 0 Å². The highest BCUT2D eigenvalue weighted by molar-refractivity contribution is 7.89. The van der Waals surface area contributed by atoms with Gasteiger partial charge in [0.05, 0.1) is 10.5 Å². The zero-order valence-corrected chi connectivity index (χ0v) is 12.4. The molecule has 0 fully saturated rings. The lowest BCUT2D eigenvalue weighted by molar-refractivity contribution is 0.504. The van der Waals surface area contributed by atoms with Gasteiger partial charge in [0, 0.05) is 6.04 Å². The van der Waals surface area contributed by atoms with Crippen LogP contribution in [0.4, 0.5) is 8.78 Å². The van der Waals surface area contributed by atoms with Gasteiger partial charge in [-0.3, -0.25) is 0 Å². The van der Waals surface area contributed by atoms with E-state index in [4.69, 9.17) is 5.26 Å². The van der Waals surface area contributed by atoms with Gasteiger partial charge < -0.3 is 0 Å². The Hall–Kier alpha value is -2.30. The molecule has 1 atom stereocenters. The van der Waals surface area contributed by atoms with Gasteiger partial charge in [-0.2, -0.15) is 5.26 Å². The van der Waals surface area contributed by atoms with Crippen molar-refractivity contribution >= 4 is 10.0 Å². The smallest absolute Gasteiger partial charge is 0.207 e.